The molecule has 0 spiro atoms. The number of carbonyl (C=O) groups excluding carboxylic acids is 1. The summed E-state index contributed by atoms with van der Waals surface area (Å²) in [5.41, 5.74) is -0.484. The van der Waals surface area contributed by atoms with Crippen molar-refractivity contribution in [2.75, 3.05) is 5.75 Å². The van der Waals surface area contributed by atoms with E-state index in [1.54, 1.807) is 6.07 Å². The Hall–Kier alpha value is -1.63. The topological polar surface area (TPSA) is 66.4 Å². The minimum Gasteiger partial charge on any atom is -0.480 e. The van der Waals surface area contributed by atoms with E-state index in [9.17, 15) is 18.4 Å². The third-order valence-corrected chi connectivity index (χ3v) is 2.70. The third-order valence-electron chi connectivity index (χ3n) is 2.44. The highest BCUT2D eigenvalue weighted by molar-refractivity contribution is 7.80. The summed E-state index contributed by atoms with van der Waals surface area (Å²) in [6.07, 6.45) is -0.0327. The fraction of sp³-hybridized carbons (Fsp3) is 0.333. The van der Waals surface area contributed by atoms with Gasteiger partial charge in [-0.05, 0) is 12.2 Å². The maximum atomic E-state index is 13.8. The number of alkyl halides is 2. The van der Waals surface area contributed by atoms with Crippen LogP contribution in [0.2, 0.25) is 0 Å². The van der Waals surface area contributed by atoms with Gasteiger partial charge in [-0.2, -0.15) is 21.4 Å². The Balaban J connectivity index is 2.84. The van der Waals surface area contributed by atoms with Crippen molar-refractivity contribution in [2.24, 2.45) is 0 Å². The number of hydrogen-bond donors (Lipinski definition) is 3. The van der Waals surface area contributed by atoms with E-state index in [0.29, 0.717) is 0 Å². The average molecular weight is 289 g/mol. The van der Waals surface area contributed by atoms with Crippen LogP contribution in [-0.4, -0.2) is 28.8 Å². The van der Waals surface area contributed by atoms with E-state index < -0.39 is 29.4 Å². The minimum atomic E-state index is -3.77. The first-order valence-corrected chi connectivity index (χ1v) is 6.10. The molecule has 0 aliphatic heterocycles. The van der Waals surface area contributed by atoms with Crippen LogP contribution in [0.3, 0.4) is 0 Å². The van der Waals surface area contributed by atoms with Gasteiger partial charge in [0.15, 0.2) is 0 Å². The van der Waals surface area contributed by atoms with Gasteiger partial charge in [-0.15, -0.1) is 0 Å². The average Bonchev–Trinajstić information content (AvgIpc) is 2.38. The van der Waals surface area contributed by atoms with E-state index in [1.165, 1.54) is 12.1 Å². The predicted molar refractivity (Wildman–Crippen MR) is 68.4 cm³/mol. The lowest BCUT2D eigenvalue weighted by atomic mass is 10.1. The predicted octanol–water partition coefficient (Wildman–Crippen LogP) is 1.67. The summed E-state index contributed by atoms with van der Waals surface area (Å²) in [4.78, 5) is 22.3. The number of carbonyl (C=O) groups is 2. The van der Waals surface area contributed by atoms with Crippen molar-refractivity contribution in [3.05, 3.63) is 35.9 Å². The van der Waals surface area contributed by atoms with Crippen molar-refractivity contribution in [3.8, 4) is 0 Å². The van der Waals surface area contributed by atoms with Crippen LogP contribution in [0.25, 0.3) is 0 Å². The summed E-state index contributed by atoms with van der Waals surface area (Å²) < 4.78 is 27.6. The number of amides is 1. The van der Waals surface area contributed by atoms with E-state index in [0.717, 1.165) is 12.1 Å². The fourth-order valence-corrected chi connectivity index (χ4v) is 1.67. The molecular weight excluding hydrogens is 276 g/mol. The molecule has 19 heavy (non-hydrogen) atoms. The number of aliphatic carboxylic acids is 1. The summed E-state index contributed by atoms with van der Waals surface area (Å²) in [7, 11) is 0. The van der Waals surface area contributed by atoms with Gasteiger partial charge in [-0.1, -0.05) is 30.3 Å². The highest BCUT2D eigenvalue weighted by atomic mass is 32.1. The lowest BCUT2D eigenvalue weighted by molar-refractivity contribution is -0.152. The van der Waals surface area contributed by atoms with Crippen molar-refractivity contribution in [2.45, 2.75) is 18.4 Å². The molecule has 1 aromatic carbocycles. The summed E-state index contributed by atoms with van der Waals surface area (Å²) in [5.74, 6) is -6.61. The van der Waals surface area contributed by atoms with E-state index in [-0.39, 0.29) is 12.2 Å². The first-order chi connectivity index (χ1) is 8.89. The van der Waals surface area contributed by atoms with Gasteiger partial charge in [-0.25, -0.2) is 4.79 Å². The van der Waals surface area contributed by atoms with Crippen LogP contribution in [0.1, 0.15) is 12.0 Å². The molecule has 0 aromatic heterocycles. The molecule has 0 unspecified atom stereocenters. The SMILES string of the molecule is O=C(O)[C@H](CCS)NC(=O)C(F)(F)c1ccccc1. The molecule has 2 N–H and O–H groups in total. The van der Waals surface area contributed by atoms with Crippen LogP contribution in [0.5, 0.6) is 0 Å². The van der Waals surface area contributed by atoms with Gasteiger partial charge in [0.1, 0.15) is 6.04 Å². The zero-order chi connectivity index (χ0) is 14.5. The Morgan fingerprint density at radius 2 is 1.89 bits per heavy atom. The van der Waals surface area contributed by atoms with Crippen molar-refractivity contribution < 1.29 is 23.5 Å². The number of carboxylic acid groups (broad SMARTS) is 1. The molecule has 1 rings (SSSR count). The Bertz CT molecular complexity index is 454. The van der Waals surface area contributed by atoms with E-state index in [1.807, 2.05) is 5.32 Å². The first kappa shape index (κ1) is 15.4. The summed E-state index contributed by atoms with van der Waals surface area (Å²) >= 11 is 3.82. The van der Waals surface area contributed by atoms with Crippen LogP contribution in [0.15, 0.2) is 30.3 Å². The van der Waals surface area contributed by atoms with Crippen molar-refractivity contribution >= 4 is 24.5 Å². The molecule has 0 heterocycles. The Morgan fingerprint density at radius 1 is 1.32 bits per heavy atom. The van der Waals surface area contributed by atoms with E-state index in [2.05, 4.69) is 12.6 Å². The number of carboxylic acids is 1. The molecular formula is C12H13F2NO3S. The number of nitrogens with one attached hydrogen (secondary N) is 1. The molecule has 0 saturated carbocycles. The molecule has 0 radical (unpaired) electrons. The second-order valence-electron chi connectivity index (χ2n) is 3.82. The number of hydrogen-bond acceptors (Lipinski definition) is 3. The summed E-state index contributed by atoms with van der Waals surface area (Å²) in [6.45, 7) is 0. The number of rotatable bonds is 6. The normalized spacial score (nSPS) is 12.8. The van der Waals surface area contributed by atoms with Crippen LogP contribution in [-0.2, 0) is 15.5 Å². The van der Waals surface area contributed by atoms with Crippen LogP contribution < -0.4 is 5.32 Å². The van der Waals surface area contributed by atoms with Gasteiger partial charge in [0.25, 0.3) is 5.91 Å². The van der Waals surface area contributed by atoms with Gasteiger partial charge in [0, 0.05) is 5.56 Å². The zero-order valence-corrected chi connectivity index (χ0v) is 10.7. The third kappa shape index (κ3) is 3.92. The molecule has 1 amide bonds. The molecule has 0 fully saturated rings. The molecule has 7 heteroatoms. The molecule has 4 nitrogen and oxygen atoms in total. The summed E-state index contributed by atoms with van der Waals surface area (Å²) in [6, 6.07) is 5.12. The van der Waals surface area contributed by atoms with Gasteiger partial charge >= 0.3 is 11.9 Å². The van der Waals surface area contributed by atoms with Crippen LogP contribution >= 0.6 is 12.6 Å². The molecule has 104 valence electrons. The highest BCUT2D eigenvalue weighted by Gasteiger charge is 2.42. The Labute approximate surface area is 114 Å². The van der Waals surface area contributed by atoms with Crippen LogP contribution in [0, 0.1) is 0 Å². The second-order valence-corrected chi connectivity index (χ2v) is 4.26. The van der Waals surface area contributed by atoms with Gasteiger partial charge < -0.3 is 10.4 Å². The molecule has 0 aliphatic rings. The van der Waals surface area contributed by atoms with Gasteiger partial charge in [0.05, 0.1) is 0 Å². The fourth-order valence-electron chi connectivity index (χ4n) is 1.41. The molecule has 1 aromatic rings. The smallest absolute Gasteiger partial charge is 0.349 e. The molecule has 1 atom stereocenters. The number of benzene rings is 1. The Kier molecular flexibility index (Phi) is 5.29. The molecule has 0 aliphatic carbocycles. The minimum absolute atomic E-state index is 0.0327. The largest absolute Gasteiger partial charge is 0.480 e. The number of halogens is 2. The Morgan fingerprint density at radius 3 is 2.37 bits per heavy atom. The second kappa shape index (κ2) is 6.51. The highest BCUT2D eigenvalue weighted by Crippen LogP contribution is 2.28. The quantitative estimate of drug-likeness (QED) is 0.698. The first-order valence-electron chi connectivity index (χ1n) is 5.47. The van der Waals surface area contributed by atoms with Gasteiger partial charge in [-0.3, -0.25) is 4.79 Å². The lowest BCUT2D eigenvalue weighted by Gasteiger charge is -2.19. The lowest BCUT2D eigenvalue weighted by Crippen LogP contribution is -2.47. The maximum absolute atomic E-state index is 13.8. The van der Waals surface area contributed by atoms with Crippen LogP contribution in [0.4, 0.5) is 8.78 Å². The van der Waals surface area contributed by atoms with E-state index in [4.69, 9.17) is 5.11 Å². The van der Waals surface area contributed by atoms with Crippen molar-refractivity contribution in [3.63, 3.8) is 0 Å². The molecule has 0 saturated heterocycles. The van der Waals surface area contributed by atoms with E-state index >= 15 is 0 Å². The number of thiol groups is 1. The monoisotopic (exact) mass is 289 g/mol. The van der Waals surface area contributed by atoms with Crippen molar-refractivity contribution in [1.29, 1.82) is 0 Å². The molecule has 0 bridgehead atoms. The van der Waals surface area contributed by atoms with Crippen molar-refractivity contribution in [1.82, 2.24) is 5.32 Å². The maximum Gasteiger partial charge on any atom is 0.349 e. The standard InChI is InChI=1S/C12H13F2NO3S/c13-12(14,8-4-2-1-3-5-8)11(18)15-9(6-7-19)10(16)17/h1-5,9,19H,6-7H2,(H,15,18)(H,16,17)/t9-/m0/s1. The summed E-state index contributed by atoms with van der Waals surface area (Å²) in [5, 5.41) is 10.6. The zero-order valence-electron chi connectivity index (χ0n) is 9.85. The van der Waals surface area contributed by atoms with Gasteiger partial charge in [0.2, 0.25) is 0 Å².